The third-order valence-electron chi connectivity index (χ3n) is 3.38. The van der Waals surface area contributed by atoms with Gasteiger partial charge >= 0.3 is 0 Å². The number of nitrogens with one attached hydrogen (secondary N) is 1. The molecule has 1 rings (SSSR count). The van der Waals surface area contributed by atoms with Crippen molar-refractivity contribution in [1.29, 1.82) is 0 Å². The van der Waals surface area contributed by atoms with Gasteiger partial charge in [0.2, 0.25) is 0 Å². The van der Waals surface area contributed by atoms with Gasteiger partial charge in [-0.1, -0.05) is 25.7 Å². The van der Waals surface area contributed by atoms with E-state index in [1.807, 2.05) is 0 Å². The zero-order valence-corrected chi connectivity index (χ0v) is 9.72. The van der Waals surface area contributed by atoms with E-state index in [-0.39, 0.29) is 0 Å². The molecule has 1 aliphatic carbocycles. The molecule has 0 amide bonds. The first kappa shape index (κ1) is 12.0. The Hall–Kier alpha value is -0.0800. The van der Waals surface area contributed by atoms with Gasteiger partial charge in [0, 0.05) is 19.7 Å². The Morgan fingerprint density at radius 1 is 1.21 bits per heavy atom. The van der Waals surface area contributed by atoms with Crippen molar-refractivity contribution >= 4 is 0 Å². The minimum atomic E-state index is 0.670. The topological polar surface area (TPSA) is 21.3 Å². The van der Waals surface area contributed by atoms with Gasteiger partial charge in [0.1, 0.15) is 0 Å². The van der Waals surface area contributed by atoms with Gasteiger partial charge in [0.05, 0.1) is 6.61 Å². The van der Waals surface area contributed by atoms with Crippen LogP contribution in [0.3, 0.4) is 0 Å². The Morgan fingerprint density at radius 3 is 2.43 bits per heavy atom. The van der Waals surface area contributed by atoms with Crippen LogP contribution in [0.5, 0.6) is 0 Å². The number of hydrogen-bond acceptors (Lipinski definition) is 2. The van der Waals surface area contributed by atoms with Gasteiger partial charge in [-0.05, 0) is 25.7 Å². The highest BCUT2D eigenvalue weighted by molar-refractivity contribution is 4.74. The van der Waals surface area contributed by atoms with Crippen molar-refractivity contribution < 1.29 is 4.74 Å². The summed E-state index contributed by atoms with van der Waals surface area (Å²) in [7, 11) is 1.76. The minimum absolute atomic E-state index is 0.670. The zero-order valence-electron chi connectivity index (χ0n) is 9.72. The van der Waals surface area contributed by atoms with Crippen molar-refractivity contribution in [3.8, 4) is 0 Å². The Balaban J connectivity index is 2.16. The molecule has 0 bridgehead atoms. The molecule has 1 aliphatic rings. The fourth-order valence-corrected chi connectivity index (χ4v) is 2.37. The highest BCUT2D eigenvalue weighted by Gasteiger charge is 2.17. The number of ether oxygens (including phenoxy) is 1. The quantitative estimate of drug-likeness (QED) is 0.543. The molecular formula is C12H25NO. The van der Waals surface area contributed by atoms with Crippen LogP contribution in [0.4, 0.5) is 0 Å². The molecule has 0 saturated heterocycles. The summed E-state index contributed by atoms with van der Waals surface area (Å²) in [5, 5.41) is 3.56. The molecule has 0 aromatic rings. The molecule has 0 radical (unpaired) electrons. The number of hydrogen-bond donors (Lipinski definition) is 1. The molecule has 2 nitrogen and oxygen atoms in total. The van der Waals surface area contributed by atoms with Crippen LogP contribution in [0.2, 0.25) is 0 Å². The van der Waals surface area contributed by atoms with Crippen molar-refractivity contribution in [1.82, 2.24) is 5.32 Å². The highest BCUT2D eigenvalue weighted by atomic mass is 16.5. The summed E-state index contributed by atoms with van der Waals surface area (Å²) < 4.78 is 5.04. The summed E-state index contributed by atoms with van der Waals surface area (Å²) in [6.07, 6.45) is 8.59. The lowest BCUT2D eigenvalue weighted by molar-refractivity contribution is 0.190. The van der Waals surface area contributed by atoms with Gasteiger partial charge in [-0.2, -0.15) is 0 Å². The third kappa shape index (κ3) is 4.43. The molecule has 1 fully saturated rings. The maximum absolute atomic E-state index is 5.04. The van der Waals surface area contributed by atoms with Gasteiger partial charge in [0.25, 0.3) is 0 Å². The molecular weight excluding hydrogens is 174 g/mol. The third-order valence-corrected chi connectivity index (χ3v) is 3.38. The van der Waals surface area contributed by atoms with E-state index < -0.39 is 0 Å². The van der Waals surface area contributed by atoms with Crippen molar-refractivity contribution in [2.45, 2.75) is 51.5 Å². The average Bonchev–Trinajstić information content (AvgIpc) is 2.46. The summed E-state index contributed by atoms with van der Waals surface area (Å²) in [4.78, 5) is 0. The van der Waals surface area contributed by atoms with Gasteiger partial charge in [-0.25, -0.2) is 0 Å². The standard InChI is InChI=1S/C12H25NO/c1-11(13-9-10-14-2)12-7-5-3-4-6-8-12/h11-13H,3-10H2,1-2H3/t11-/m0/s1. The molecule has 0 unspecified atom stereocenters. The van der Waals surface area contributed by atoms with E-state index in [0.29, 0.717) is 6.04 Å². The van der Waals surface area contributed by atoms with E-state index >= 15 is 0 Å². The summed E-state index contributed by atoms with van der Waals surface area (Å²) in [5.74, 6) is 0.898. The van der Waals surface area contributed by atoms with Crippen molar-refractivity contribution in [2.24, 2.45) is 5.92 Å². The second-order valence-electron chi connectivity index (χ2n) is 4.49. The Labute approximate surface area is 88.4 Å². The lowest BCUT2D eigenvalue weighted by Crippen LogP contribution is -2.35. The van der Waals surface area contributed by atoms with Crippen LogP contribution in [-0.4, -0.2) is 26.3 Å². The smallest absolute Gasteiger partial charge is 0.0587 e. The monoisotopic (exact) mass is 199 g/mol. The van der Waals surface area contributed by atoms with Crippen LogP contribution in [0.25, 0.3) is 0 Å². The molecule has 0 spiro atoms. The van der Waals surface area contributed by atoms with E-state index in [2.05, 4.69) is 12.2 Å². The van der Waals surface area contributed by atoms with E-state index in [9.17, 15) is 0 Å². The fraction of sp³-hybridized carbons (Fsp3) is 1.00. The lowest BCUT2D eigenvalue weighted by atomic mass is 9.93. The summed E-state index contributed by atoms with van der Waals surface area (Å²) in [6.45, 7) is 4.15. The maximum atomic E-state index is 5.04. The van der Waals surface area contributed by atoms with Gasteiger partial charge in [-0.15, -0.1) is 0 Å². The van der Waals surface area contributed by atoms with Crippen LogP contribution >= 0.6 is 0 Å². The van der Waals surface area contributed by atoms with Crippen LogP contribution in [0, 0.1) is 5.92 Å². The average molecular weight is 199 g/mol. The largest absolute Gasteiger partial charge is 0.383 e. The highest BCUT2D eigenvalue weighted by Crippen LogP contribution is 2.25. The van der Waals surface area contributed by atoms with E-state index in [4.69, 9.17) is 4.74 Å². The number of rotatable bonds is 5. The molecule has 14 heavy (non-hydrogen) atoms. The lowest BCUT2D eigenvalue weighted by Gasteiger charge is -2.23. The van der Waals surface area contributed by atoms with Crippen LogP contribution in [0.1, 0.15) is 45.4 Å². The van der Waals surface area contributed by atoms with Crippen LogP contribution in [0.15, 0.2) is 0 Å². The second-order valence-corrected chi connectivity index (χ2v) is 4.49. The molecule has 0 aliphatic heterocycles. The number of methoxy groups -OCH3 is 1. The zero-order chi connectivity index (χ0) is 10.2. The predicted octanol–water partition coefficient (Wildman–Crippen LogP) is 2.58. The molecule has 1 atom stereocenters. The van der Waals surface area contributed by atoms with Crippen LogP contribution in [-0.2, 0) is 4.74 Å². The Kier molecular flexibility index (Phi) is 6.20. The van der Waals surface area contributed by atoms with Gasteiger partial charge in [0.15, 0.2) is 0 Å². The molecule has 84 valence electrons. The summed E-state index contributed by atoms with van der Waals surface area (Å²) in [6, 6.07) is 0.670. The fourth-order valence-electron chi connectivity index (χ4n) is 2.37. The molecule has 1 saturated carbocycles. The molecule has 0 heterocycles. The summed E-state index contributed by atoms with van der Waals surface area (Å²) in [5.41, 5.74) is 0. The SMILES string of the molecule is COCCN[C@@H](C)C1CCCCCC1. The Morgan fingerprint density at radius 2 is 1.86 bits per heavy atom. The molecule has 0 aromatic carbocycles. The van der Waals surface area contributed by atoms with Crippen molar-refractivity contribution in [3.63, 3.8) is 0 Å². The van der Waals surface area contributed by atoms with Crippen molar-refractivity contribution in [3.05, 3.63) is 0 Å². The van der Waals surface area contributed by atoms with Gasteiger partial charge < -0.3 is 10.1 Å². The van der Waals surface area contributed by atoms with Crippen molar-refractivity contribution in [2.75, 3.05) is 20.3 Å². The second kappa shape index (κ2) is 7.24. The van der Waals surface area contributed by atoms with E-state index in [1.165, 1.54) is 38.5 Å². The predicted molar refractivity (Wildman–Crippen MR) is 60.5 cm³/mol. The normalized spacial score (nSPS) is 21.9. The maximum Gasteiger partial charge on any atom is 0.0587 e. The first-order valence-corrected chi connectivity index (χ1v) is 6.07. The molecule has 2 heteroatoms. The first-order chi connectivity index (χ1) is 6.84. The molecule has 0 aromatic heterocycles. The summed E-state index contributed by atoms with van der Waals surface area (Å²) >= 11 is 0. The molecule has 1 N–H and O–H groups in total. The Bertz CT molecular complexity index is 130. The van der Waals surface area contributed by atoms with Crippen LogP contribution < -0.4 is 5.32 Å². The van der Waals surface area contributed by atoms with E-state index in [1.54, 1.807) is 7.11 Å². The minimum Gasteiger partial charge on any atom is -0.383 e. The first-order valence-electron chi connectivity index (χ1n) is 6.07. The van der Waals surface area contributed by atoms with Gasteiger partial charge in [-0.3, -0.25) is 0 Å². The van der Waals surface area contributed by atoms with E-state index in [0.717, 1.165) is 19.1 Å².